The predicted molar refractivity (Wildman–Crippen MR) is 111 cm³/mol. The van der Waals surface area contributed by atoms with Crippen LogP contribution in [0.25, 0.3) is 11.5 Å². The number of hydrogen-bond acceptors (Lipinski definition) is 6. The van der Waals surface area contributed by atoms with Gasteiger partial charge in [-0.1, -0.05) is 6.07 Å². The first-order valence-corrected chi connectivity index (χ1v) is 9.81. The summed E-state index contributed by atoms with van der Waals surface area (Å²) in [4.78, 5) is 23.8. The molecule has 1 aromatic heterocycles. The Kier molecular flexibility index (Phi) is 5.74. The minimum Gasteiger partial charge on any atom is -0.494 e. The Morgan fingerprint density at radius 2 is 2.13 bits per heavy atom. The number of amides is 2. The minimum atomic E-state index is -0.0856. The fourth-order valence-electron chi connectivity index (χ4n) is 3.27. The molecular formula is C22H22N4O4. The van der Waals surface area contributed by atoms with Crippen molar-refractivity contribution in [1.29, 1.82) is 0 Å². The van der Waals surface area contributed by atoms with Crippen LogP contribution in [0.3, 0.4) is 0 Å². The van der Waals surface area contributed by atoms with E-state index in [2.05, 4.69) is 20.8 Å². The zero-order chi connectivity index (χ0) is 20.9. The number of anilines is 2. The third kappa shape index (κ3) is 4.65. The number of rotatable bonds is 7. The second kappa shape index (κ2) is 8.77. The molecule has 2 N–H and O–H groups in total. The van der Waals surface area contributed by atoms with Crippen LogP contribution in [0.4, 0.5) is 11.4 Å². The van der Waals surface area contributed by atoms with Crippen LogP contribution >= 0.6 is 0 Å². The summed E-state index contributed by atoms with van der Waals surface area (Å²) in [6.07, 6.45) is 3.39. The Labute approximate surface area is 173 Å². The molecule has 154 valence electrons. The van der Waals surface area contributed by atoms with Gasteiger partial charge >= 0.3 is 0 Å². The summed E-state index contributed by atoms with van der Waals surface area (Å²) in [5.74, 6) is 1.11. The van der Waals surface area contributed by atoms with Crippen molar-refractivity contribution in [2.45, 2.75) is 32.6 Å². The van der Waals surface area contributed by atoms with Crippen LogP contribution < -0.4 is 15.4 Å². The molecule has 0 saturated heterocycles. The van der Waals surface area contributed by atoms with E-state index < -0.39 is 0 Å². The van der Waals surface area contributed by atoms with Crippen LogP contribution in [0.15, 0.2) is 47.2 Å². The van der Waals surface area contributed by atoms with Crippen molar-refractivity contribution >= 4 is 23.2 Å². The lowest BCUT2D eigenvalue weighted by Gasteiger charge is -2.17. The maximum atomic E-state index is 12.3. The molecule has 0 aliphatic carbocycles. The molecule has 0 bridgehead atoms. The molecule has 1 aliphatic rings. The lowest BCUT2D eigenvalue weighted by molar-refractivity contribution is -0.117. The summed E-state index contributed by atoms with van der Waals surface area (Å²) in [6.45, 7) is 2.36. The van der Waals surface area contributed by atoms with Crippen LogP contribution in [0, 0.1) is 6.92 Å². The Morgan fingerprint density at radius 1 is 1.23 bits per heavy atom. The molecule has 0 saturated carbocycles. The van der Waals surface area contributed by atoms with Gasteiger partial charge in [-0.15, -0.1) is 10.2 Å². The Morgan fingerprint density at radius 3 is 2.97 bits per heavy atom. The maximum Gasteiger partial charge on any atom is 0.247 e. The van der Waals surface area contributed by atoms with E-state index in [1.807, 2.05) is 43.3 Å². The van der Waals surface area contributed by atoms with Crippen LogP contribution in [-0.4, -0.2) is 28.6 Å². The van der Waals surface area contributed by atoms with E-state index in [1.54, 1.807) is 0 Å². The zero-order valence-electron chi connectivity index (χ0n) is 16.6. The molecule has 2 aromatic carbocycles. The molecule has 4 rings (SSSR count). The largest absolute Gasteiger partial charge is 0.494 e. The highest BCUT2D eigenvalue weighted by atomic mass is 16.5. The Bertz CT molecular complexity index is 1060. The molecule has 0 spiro atoms. The number of fused-ring (bicyclic) bond motifs is 1. The van der Waals surface area contributed by atoms with Gasteiger partial charge in [0.05, 0.1) is 6.61 Å². The first kappa shape index (κ1) is 19.6. The second-order valence-corrected chi connectivity index (χ2v) is 7.14. The lowest BCUT2D eigenvalue weighted by Crippen LogP contribution is -2.18. The van der Waals surface area contributed by atoms with Crippen molar-refractivity contribution in [3.63, 3.8) is 0 Å². The number of nitrogens with one attached hydrogen (secondary N) is 2. The topological polar surface area (TPSA) is 106 Å². The number of hydrogen-bond donors (Lipinski definition) is 2. The second-order valence-electron chi connectivity index (χ2n) is 7.14. The normalized spacial score (nSPS) is 12.8. The molecule has 8 heteroatoms. The number of carbonyl (C=O) groups excluding carboxylic acids is 2. The summed E-state index contributed by atoms with van der Waals surface area (Å²) < 4.78 is 11.0. The van der Waals surface area contributed by atoms with Crippen LogP contribution in [0.2, 0.25) is 0 Å². The average Bonchev–Trinajstić information content (AvgIpc) is 3.28. The highest BCUT2D eigenvalue weighted by Gasteiger charge is 2.15. The summed E-state index contributed by atoms with van der Waals surface area (Å²) in [5.41, 5.74) is 4.33. The van der Waals surface area contributed by atoms with Crippen molar-refractivity contribution in [1.82, 2.24) is 10.2 Å². The van der Waals surface area contributed by atoms with Crippen LogP contribution in [0.1, 0.15) is 30.4 Å². The minimum absolute atomic E-state index is 0.0417. The number of aromatic nitrogens is 2. The van der Waals surface area contributed by atoms with E-state index in [0.29, 0.717) is 43.9 Å². The molecule has 30 heavy (non-hydrogen) atoms. The summed E-state index contributed by atoms with van der Waals surface area (Å²) >= 11 is 0. The number of nitrogens with zero attached hydrogens (tertiary/aromatic N) is 2. The van der Waals surface area contributed by atoms with Gasteiger partial charge in [0.25, 0.3) is 0 Å². The summed E-state index contributed by atoms with van der Waals surface area (Å²) in [6, 6.07) is 11.2. The van der Waals surface area contributed by atoms with Gasteiger partial charge in [0.1, 0.15) is 5.75 Å². The van der Waals surface area contributed by atoms with Crippen molar-refractivity contribution in [3.05, 3.63) is 53.9 Å². The standard InChI is InChI=1S/C22H22N4O4/c1-14-4-5-16(22-26-23-13-30-22)12-19(14)25-20(27)3-2-10-29-17-7-8-18-15(11-17)6-9-21(28)24-18/h4-5,7-8,11-13H,2-3,6,9-10H2,1H3,(H,24,28)(H,25,27). The van der Waals surface area contributed by atoms with Gasteiger partial charge in [-0.2, -0.15) is 0 Å². The number of carbonyl (C=O) groups is 2. The highest BCUT2D eigenvalue weighted by molar-refractivity contribution is 5.94. The smallest absolute Gasteiger partial charge is 0.247 e. The van der Waals surface area contributed by atoms with E-state index in [9.17, 15) is 9.59 Å². The SMILES string of the molecule is Cc1ccc(-c2nnco2)cc1NC(=O)CCCOc1ccc2c(c1)CCC(=O)N2. The average molecular weight is 406 g/mol. The Hall–Kier alpha value is -3.68. The van der Waals surface area contributed by atoms with Crippen LogP contribution in [-0.2, 0) is 16.0 Å². The molecular weight excluding hydrogens is 384 g/mol. The molecule has 3 aromatic rings. The van der Waals surface area contributed by atoms with Crippen molar-refractivity contribution in [2.24, 2.45) is 0 Å². The van der Waals surface area contributed by atoms with Crippen molar-refractivity contribution in [2.75, 3.05) is 17.2 Å². The number of ether oxygens (including phenoxy) is 1. The molecule has 8 nitrogen and oxygen atoms in total. The third-order valence-electron chi connectivity index (χ3n) is 4.91. The van der Waals surface area contributed by atoms with Gasteiger partial charge in [-0.25, -0.2) is 0 Å². The fourth-order valence-corrected chi connectivity index (χ4v) is 3.27. The molecule has 2 amide bonds. The van der Waals surface area contributed by atoms with Gasteiger partial charge in [-0.05, 0) is 61.2 Å². The first-order chi connectivity index (χ1) is 14.6. The summed E-state index contributed by atoms with van der Waals surface area (Å²) in [5, 5.41) is 13.3. The highest BCUT2D eigenvalue weighted by Crippen LogP contribution is 2.27. The Balaban J connectivity index is 1.27. The molecule has 0 unspecified atom stereocenters. The molecule has 2 heterocycles. The molecule has 0 fully saturated rings. The van der Waals surface area contributed by atoms with Crippen molar-refractivity contribution < 1.29 is 18.7 Å². The van der Waals surface area contributed by atoms with E-state index in [1.165, 1.54) is 6.39 Å². The first-order valence-electron chi connectivity index (χ1n) is 9.81. The van der Waals surface area contributed by atoms with Crippen molar-refractivity contribution in [3.8, 4) is 17.2 Å². The zero-order valence-corrected chi connectivity index (χ0v) is 16.6. The monoisotopic (exact) mass is 406 g/mol. The van der Waals surface area contributed by atoms with Gasteiger partial charge < -0.3 is 19.8 Å². The molecule has 0 radical (unpaired) electrons. The van der Waals surface area contributed by atoms with Gasteiger partial charge in [-0.3, -0.25) is 9.59 Å². The quantitative estimate of drug-likeness (QED) is 0.579. The maximum absolute atomic E-state index is 12.3. The van der Waals surface area contributed by atoms with E-state index >= 15 is 0 Å². The van der Waals surface area contributed by atoms with E-state index in [-0.39, 0.29) is 11.8 Å². The summed E-state index contributed by atoms with van der Waals surface area (Å²) in [7, 11) is 0. The van der Waals surface area contributed by atoms with Gasteiger partial charge in [0.15, 0.2) is 0 Å². The van der Waals surface area contributed by atoms with Gasteiger partial charge in [0, 0.05) is 29.8 Å². The molecule has 0 atom stereocenters. The molecule has 1 aliphatic heterocycles. The predicted octanol–water partition coefficient (Wildman–Crippen LogP) is 3.73. The fraction of sp³-hybridized carbons (Fsp3) is 0.273. The van der Waals surface area contributed by atoms with E-state index in [4.69, 9.17) is 9.15 Å². The lowest BCUT2D eigenvalue weighted by atomic mass is 10.0. The van der Waals surface area contributed by atoms with Crippen LogP contribution in [0.5, 0.6) is 5.75 Å². The van der Waals surface area contributed by atoms with E-state index in [0.717, 1.165) is 28.1 Å². The number of benzene rings is 2. The third-order valence-corrected chi connectivity index (χ3v) is 4.91. The number of aryl methyl sites for hydroxylation is 2. The van der Waals surface area contributed by atoms with Gasteiger partial charge in [0.2, 0.25) is 24.1 Å².